The SMILES string of the molecule is CCOc1ccc(N)c(S(=O)(=O)Cc2cnn(CC)c2)c1. The van der Waals surface area contributed by atoms with Crippen LogP contribution in [0.15, 0.2) is 35.5 Å². The Bertz CT molecular complexity index is 723. The smallest absolute Gasteiger partial charge is 0.184 e. The maximum absolute atomic E-state index is 12.5. The summed E-state index contributed by atoms with van der Waals surface area (Å²) in [5.74, 6) is 0.363. The van der Waals surface area contributed by atoms with Crippen molar-refractivity contribution in [3.8, 4) is 5.75 Å². The summed E-state index contributed by atoms with van der Waals surface area (Å²) in [5.41, 5.74) is 6.66. The lowest BCUT2D eigenvalue weighted by atomic mass is 10.3. The number of nitrogens with two attached hydrogens (primary N) is 1. The van der Waals surface area contributed by atoms with Gasteiger partial charge in [-0.05, 0) is 26.0 Å². The van der Waals surface area contributed by atoms with E-state index in [9.17, 15) is 8.42 Å². The largest absolute Gasteiger partial charge is 0.494 e. The first-order valence-corrected chi connectivity index (χ1v) is 8.38. The number of nitrogens with zero attached hydrogens (tertiary/aromatic N) is 2. The number of aryl methyl sites for hydroxylation is 1. The molecule has 0 aliphatic rings. The fraction of sp³-hybridized carbons (Fsp3) is 0.357. The lowest BCUT2D eigenvalue weighted by Crippen LogP contribution is -2.08. The fourth-order valence-electron chi connectivity index (χ4n) is 1.99. The van der Waals surface area contributed by atoms with Gasteiger partial charge >= 0.3 is 0 Å². The lowest BCUT2D eigenvalue weighted by molar-refractivity contribution is 0.339. The molecule has 2 rings (SSSR count). The van der Waals surface area contributed by atoms with Crippen LogP contribution in [-0.4, -0.2) is 24.8 Å². The summed E-state index contributed by atoms with van der Waals surface area (Å²) in [7, 11) is -3.54. The van der Waals surface area contributed by atoms with Crippen molar-refractivity contribution in [3.05, 3.63) is 36.2 Å². The van der Waals surface area contributed by atoms with Crippen LogP contribution in [0.1, 0.15) is 19.4 Å². The van der Waals surface area contributed by atoms with E-state index in [0.717, 1.165) is 0 Å². The molecule has 0 aliphatic heterocycles. The van der Waals surface area contributed by atoms with Crippen LogP contribution in [0.3, 0.4) is 0 Å². The molecule has 1 heterocycles. The molecule has 6 nitrogen and oxygen atoms in total. The number of aromatic nitrogens is 2. The summed E-state index contributed by atoms with van der Waals surface area (Å²) in [4.78, 5) is 0.0951. The van der Waals surface area contributed by atoms with Gasteiger partial charge in [0.15, 0.2) is 9.84 Å². The van der Waals surface area contributed by atoms with Crippen LogP contribution in [0.5, 0.6) is 5.75 Å². The molecule has 0 bridgehead atoms. The minimum absolute atomic E-state index is 0.0951. The van der Waals surface area contributed by atoms with Gasteiger partial charge in [0, 0.05) is 24.4 Å². The molecular formula is C14H19N3O3S. The molecule has 7 heteroatoms. The molecule has 0 aliphatic carbocycles. The van der Waals surface area contributed by atoms with Gasteiger partial charge in [-0.3, -0.25) is 4.68 Å². The van der Waals surface area contributed by atoms with Crippen LogP contribution >= 0.6 is 0 Å². The molecule has 0 fully saturated rings. The minimum atomic E-state index is -3.54. The van der Waals surface area contributed by atoms with Crippen LogP contribution in [0.2, 0.25) is 0 Å². The van der Waals surface area contributed by atoms with Crippen LogP contribution < -0.4 is 10.5 Å². The Morgan fingerprint density at radius 2 is 2.10 bits per heavy atom. The highest BCUT2D eigenvalue weighted by Crippen LogP contribution is 2.27. The molecule has 2 N–H and O–H groups in total. The second kappa shape index (κ2) is 6.17. The van der Waals surface area contributed by atoms with Gasteiger partial charge in [-0.25, -0.2) is 8.42 Å². The summed E-state index contributed by atoms with van der Waals surface area (Å²) in [6, 6.07) is 4.68. The van der Waals surface area contributed by atoms with Gasteiger partial charge in [-0.1, -0.05) is 0 Å². The van der Waals surface area contributed by atoms with E-state index in [1.165, 1.54) is 6.07 Å². The highest BCUT2D eigenvalue weighted by molar-refractivity contribution is 7.90. The Hall–Kier alpha value is -2.02. The second-order valence-corrected chi connectivity index (χ2v) is 6.55. The molecule has 1 aromatic carbocycles. The molecule has 0 radical (unpaired) electrons. The Morgan fingerprint density at radius 1 is 1.33 bits per heavy atom. The first-order valence-electron chi connectivity index (χ1n) is 6.72. The zero-order valence-corrected chi connectivity index (χ0v) is 12.9. The first-order chi connectivity index (χ1) is 9.96. The predicted molar refractivity (Wildman–Crippen MR) is 80.8 cm³/mol. The normalized spacial score (nSPS) is 11.5. The van der Waals surface area contributed by atoms with E-state index in [-0.39, 0.29) is 16.3 Å². The molecular weight excluding hydrogens is 290 g/mol. The Morgan fingerprint density at radius 3 is 2.71 bits per heavy atom. The van der Waals surface area contributed by atoms with Crippen LogP contribution in [0.4, 0.5) is 5.69 Å². The number of nitrogen functional groups attached to an aromatic ring is 1. The maximum Gasteiger partial charge on any atom is 0.184 e. The van der Waals surface area contributed by atoms with E-state index >= 15 is 0 Å². The Labute approximate surface area is 124 Å². The molecule has 2 aromatic rings. The van der Waals surface area contributed by atoms with Crippen LogP contribution in [0, 0.1) is 0 Å². The monoisotopic (exact) mass is 309 g/mol. The van der Waals surface area contributed by atoms with Crippen molar-refractivity contribution in [2.45, 2.75) is 31.0 Å². The molecule has 0 atom stereocenters. The van der Waals surface area contributed by atoms with E-state index in [0.29, 0.717) is 24.5 Å². The topological polar surface area (TPSA) is 87.2 Å². The van der Waals surface area contributed by atoms with Gasteiger partial charge in [0.2, 0.25) is 0 Å². The highest BCUT2D eigenvalue weighted by atomic mass is 32.2. The third-order valence-electron chi connectivity index (χ3n) is 3.00. The molecule has 0 spiro atoms. The third-order valence-corrected chi connectivity index (χ3v) is 4.74. The van der Waals surface area contributed by atoms with Gasteiger partial charge in [0.05, 0.1) is 29.1 Å². The summed E-state index contributed by atoms with van der Waals surface area (Å²) < 4.78 is 32.0. The fourth-order valence-corrected chi connectivity index (χ4v) is 3.46. The van der Waals surface area contributed by atoms with E-state index < -0.39 is 9.84 Å². The zero-order valence-electron chi connectivity index (χ0n) is 12.1. The molecule has 114 valence electrons. The van der Waals surface area contributed by atoms with Crippen molar-refractivity contribution in [2.24, 2.45) is 0 Å². The number of hydrogen-bond acceptors (Lipinski definition) is 5. The van der Waals surface area contributed by atoms with Gasteiger partial charge in [0.25, 0.3) is 0 Å². The molecule has 0 saturated carbocycles. The highest BCUT2D eigenvalue weighted by Gasteiger charge is 2.20. The average molecular weight is 309 g/mol. The number of benzene rings is 1. The number of sulfone groups is 1. The van der Waals surface area contributed by atoms with E-state index in [4.69, 9.17) is 10.5 Å². The molecule has 0 unspecified atom stereocenters. The van der Waals surface area contributed by atoms with E-state index in [1.54, 1.807) is 29.2 Å². The number of hydrogen-bond donors (Lipinski definition) is 1. The molecule has 0 saturated heterocycles. The van der Waals surface area contributed by atoms with Gasteiger partial charge in [-0.15, -0.1) is 0 Å². The standard InChI is InChI=1S/C14H19N3O3S/c1-3-17-9-11(8-16-17)10-21(18,19)14-7-12(20-4-2)5-6-13(14)15/h5-9H,3-4,10,15H2,1-2H3. The van der Waals surface area contributed by atoms with E-state index in [2.05, 4.69) is 5.10 Å². The number of ether oxygens (including phenoxy) is 1. The zero-order chi connectivity index (χ0) is 15.5. The van der Waals surface area contributed by atoms with Gasteiger partial charge < -0.3 is 10.5 Å². The Kier molecular flexibility index (Phi) is 4.52. The van der Waals surface area contributed by atoms with Gasteiger partial charge in [0.1, 0.15) is 5.75 Å². The van der Waals surface area contributed by atoms with Crippen molar-refractivity contribution in [1.82, 2.24) is 9.78 Å². The lowest BCUT2D eigenvalue weighted by Gasteiger charge is -2.09. The minimum Gasteiger partial charge on any atom is -0.494 e. The predicted octanol–water partition coefficient (Wildman–Crippen LogP) is 1.86. The summed E-state index contributed by atoms with van der Waals surface area (Å²) in [6.07, 6.45) is 3.28. The summed E-state index contributed by atoms with van der Waals surface area (Å²) in [6.45, 7) is 4.94. The maximum atomic E-state index is 12.5. The van der Waals surface area contributed by atoms with Crippen molar-refractivity contribution in [1.29, 1.82) is 0 Å². The van der Waals surface area contributed by atoms with Crippen LogP contribution in [0.25, 0.3) is 0 Å². The molecule has 1 aromatic heterocycles. The second-order valence-electron chi connectivity index (χ2n) is 4.60. The van der Waals surface area contributed by atoms with Gasteiger partial charge in [-0.2, -0.15) is 5.10 Å². The van der Waals surface area contributed by atoms with Crippen molar-refractivity contribution >= 4 is 15.5 Å². The van der Waals surface area contributed by atoms with Crippen molar-refractivity contribution in [2.75, 3.05) is 12.3 Å². The average Bonchev–Trinajstić information content (AvgIpc) is 2.88. The third kappa shape index (κ3) is 3.55. The number of anilines is 1. The van der Waals surface area contributed by atoms with Crippen molar-refractivity contribution < 1.29 is 13.2 Å². The quantitative estimate of drug-likeness (QED) is 0.823. The molecule has 0 amide bonds. The van der Waals surface area contributed by atoms with Crippen LogP contribution in [-0.2, 0) is 22.1 Å². The first kappa shape index (κ1) is 15.4. The summed E-state index contributed by atoms with van der Waals surface area (Å²) in [5, 5.41) is 4.08. The van der Waals surface area contributed by atoms with E-state index in [1.807, 2.05) is 13.8 Å². The Balaban J connectivity index is 2.32. The summed E-state index contributed by atoms with van der Waals surface area (Å²) >= 11 is 0. The molecule has 21 heavy (non-hydrogen) atoms. The van der Waals surface area contributed by atoms with Crippen molar-refractivity contribution in [3.63, 3.8) is 0 Å². The number of rotatable bonds is 6.